The molecule has 0 spiro atoms. The molecule has 3 rings (SSSR count). The highest BCUT2D eigenvalue weighted by molar-refractivity contribution is 5.91. The number of amides is 1. The average Bonchev–Trinajstić information content (AvgIpc) is 3.20. The Kier molecular flexibility index (Phi) is 6.82. The molecule has 0 bridgehead atoms. The van der Waals surface area contributed by atoms with Crippen LogP contribution in [0.1, 0.15) is 24.0 Å². The van der Waals surface area contributed by atoms with Crippen molar-refractivity contribution in [2.75, 3.05) is 32.1 Å². The number of rotatable bonds is 7. The molecule has 2 aromatic rings. The molecule has 0 radical (unpaired) electrons. The van der Waals surface area contributed by atoms with Gasteiger partial charge in [-0.05, 0) is 42.7 Å². The Morgan fingerprint density at radius 1 is 1.18 bits per heavy atom. The fourth-order valence-electron chi connectivity index (χ4n) is 3.26. The van der Waals surface area contributed by atoms with Crippen LogP contribution in [0.25, 0.3) is 6.08 Å². The van der Waals surface area contributed by atoms with Gasteiger partial charge in [0.1, 0.15) is 5.82 Å². The van der Waals surface area contributed by atoms with E-state index in [1.807, 2.05) is 43.3 Å². The van der Waals surface area contributed by atoms with Gasteiger partial charge in [0.05, 0.1) is 6.10 Å². The number of ether oxygens (including phenoxy) is 1. The summed E-state index contributed by atoms with van der Waals surface area (Å²) in [5.74, 6) is -0.480. The van der Waals surface area contributed by atoms with Crippen LogP contribution in [0.4, 0.5) is 10.1 Å². The highest BCUT2D eigenvalue weighted by Gasteiger charge is 2.21. The SMILES string of the molecule is CN(C)c1ccc(CN(CC2CCCO2)C(=O)/C=C/c2ccccc2F)cc1. The summed E-state index contributed by atoms with van der Waals surface area (Å²) in [4.78, 5) is 16.7. The monoisotopic (exact) mass is 382 g/mol. The molecule has 0 N–H and O–H groups in total. The first-order valence-corrected chi connectivity index (χ1v) is 9.62. The molecule has 148 valence electrons. The van der Waals surface area contributed by atoms with E-state index in [4.69, 9.17) is 4.74 Å². The Balaban J connectivity index is 1.73. The summed E-state index contributed by atoms with van der Waals surface area (Å²) in [6, 6.07) is 14.6. The highest BCUT2D eigenvalue weighted by atomic mass is 19.1. The summed E-state index contributed by atoms with van der Waals surface area (Å²) in [7, 11) is 3.99. The van der Waals surface area contributed by atoms with Crippen molar-refractivity contribution in [2.45, 2.75) is 25.5 Å². The van der Waals surface area contributed by atoms with Gasteiger partial charge < -0.3 is 14.5 Å². The Hall–Kier alpha value is -2.66. The van der Waals surface area contributed by atoms with E-state index in [0.717, 1.165) is 30.7 Å². The summed E-state index contributed by atoms with van der Waals surface area (Å²) in [5.41, 5.74) is 2.57. The number of nitrogens with zero attached hydrogens (tertiary/aromatic N) is 2. The molecule has 28 heavy (non-hydrogen) atoms. The fraction of sp³-hybridized carbons (Fsp3) is 0.348. The fourth-order valence-corrected chi connectivity index (χ4v) is 3.26. The molecule has 1 fully saturated rings. The highest BCUT2D eigenvalue weighted by Crippen LogP contribution is 2.18. The first-order chi connectivity index (χ1) is 13.5. The number of hydrogen-bond acceptors (Lipinski definition) is 3. The van der Waals surface area contributed by atoms with Crippen LogP contribution in [-0.2, 0) is 16.1 Å². The zero-order valence-corrected chi connectivity index (χ0v) is 16.5. The number of carbonyl (C=O) groups excluding carboxylic acids is 1. The summed E-state index contributed by atoms with van der Waals surface area (Å²) in [6.45, 7) is 1.78. The van der Waals surface area contributed by atoms with E-state index in [1.54, 1.807) is 23.1 Å². The molecule has 0 aliphatic carbocycles. The first kappa shape index (κ1) is 20.1. The van der Waals surface area contributed by atoms with E-state index in [0.29, 0.717) is 18.7 Å². The van der Waals surface area contributed by atoms with E-state index >= 15 is 0 Å². The van der Waals surface area contributed by atoms with Gasteiger partial charge >= 0.3 is 0 Å². The molecule has 2 aromatic carbocycles. The Morgan fingerprint density at radius 3 is 2.57 bits per heavy atom. The van der Waals surface area contributed by atoms with Crippen molar-refractivity contribution in [3.8, 4) is 0 Å². The van der Waals surface area contributed by atoms with Crippen LogP contribution >= 0.6 is 0 Å². The lowest BCUT2D eigenvalue weighted by atomic mass is 10.1. The Bertz CT molecular complexity index is 812. The van der Waals surface area contributed by atoms with Gasteiger partial charge in [0.2, 0.25) is 5.91 Å². The van der Waals surface area contributed by atoms with Gasteiger partial charge in [0.15, 0.2) is 0 Å². The van der Waals surface area contributed by atoms with E-state index < -0.39 is 0 Å². The van der Waals surface area contributed by atoms with Crippen LogP contribution in [-0.4, -0.2) is 44.2 Å². The van der Waals surface area contributed by atoms with Crippen LogP contribution in [0, 0.1) is 5.82 Å². The normalized spacial score (nSPS) is 16.5. The maximum atomic E-state index is 13.8. The molecule has 4 nitrogen and oxygen atoms in total. The van der Waals surface area contributed by atoms with Gasteiger partial charge in [0, 0.05) is 51.1 Å². The van der Waals surface area contributed by atoms with Gasteiger partial charge in [-0.25, -0.2) is 4.39 Å². The van der Waals surface area contributed by atoms with E-state index in [9.17, 15) is 9.18 Å². The molecule has 0 saturated carbocycles. The van der Waals surface area contributed by atoms with Gasteiger partial charge in [-0.2, -0.15) is 0 Å². The molecule has 1 aliphatic heterocycles. The third-order valence-corrected chi connectivity index (χ3v) is 4.90. The second kappa shape index (κ2) is 9.51. The van der Waals surface area contributed by atoms with Crippen molar-refractivity contribution in [3.05, 3.63) is 71.6 Å². The molecule has 1 atom stereocenters. The first-order valence-electron chi connectivity index (χ1n) is 9.62. The summed E-state index contributed by atoms with van der Waals surface area (Å²) in [6.07, 6.45) is 5.03. The van der Waals surface area contributed by atoms with Gasteiger partial charge in [-0.3, -0.25) is 4.79 Å². The van der Waals surface area contributed by atoms with Crippen molar-refractivity contribution in [1.82, 2.24) is 4.90 Å². The lowest BCUT2D eigenvalue weighted by molar-refractivity contribution is -0.128. The number of halogens is 1. The van der Waals surface area contributed by atoms with Gasteiger partial charge in [-0.1, -0.05) is 30.3 Å². The summed E-state index contributed by atoms with van der Waals surface area (Å²) >= 11 is 0. The van der Waals surface area contributed by atoms with E-state index in [1.165, 1.54) is 18.2 Å². The third kappa shape index (κ3) is 5.42. The molecule has 5 heteroatoms. The second-order valence-corrected chi connectivity index (χ2v) is 7.27. The molecule has 1 aliphatic rings. The zero-order chi connectivity index (χ0) is 19.9. The number of hydrogen-bond donors (Lipinski definition) is 0. The van der Waals surface area contributed by atoms with Crippen molar-refractivity contribution < 1.29 is 13.9 Å². The van der Waals surface area contributed by atoms with Gasteiger partial charge in [0.25, 0.3) is 0 Å². The molecule has 1 amide bonds. The maximum Gasteiger partial charge on any atom is 0.246 e. The lowest BCUT2D eigenvalue weighted by Gasteiger charge is -2.25. The topological polar surface area (TPSA) is 32.8 Å². The summed E-state index contributed by atoms with van der Waals surface area (Å²) < 4.78 is 19.5. The predicted molar refractivity (Wildman–Crippen MR) is 111 cm³/mol. The molecule has 0 aromatic heterocycles. The van der Waals surface area contributed by atoms with Crippen molar-refractivity contribution in [1.29, 1.82) is 0 Å². The second-order valence-electron chi connectivity index (χ2n) is 7.27. The predicted octanol–water partition coefficient (Wildman–Crippen LogP) is 4.11. The van der Waals surface area contributed by atoms with E-state index in [-0.39, 0.29) is 17.8 Å². The lowest BCUT2D eigenvalue weighted by Crippen LogP contribution is -2.35. The largest absolute Gasteiger partial charge is 0.378 e. The summed E-state index contributed by atoms with van der Waals surface area (Å²) in [5, 5.41) is 0. The van der Waals surface area contributed by atoms with Crippen LogP contribution in [0.3, 0.4) is 0 Å². The molecule has 1 unspecified atom stereocenters. The van der Waals surface area contributed by atoms with Crippen LogP contribution < -0.4 is 4.90 Å². The average molecular weight is 382 g/mol. The Labute approximate surface area is 166 Å². The molecular formula is C23H27FN2O2. The van der Waals surface area contributed by atoms with E-state index in [2.05, 4.69) is 0 Å². The third-order valence-electron chi connectivity index (χ3n) is 4.90. The van der Waals surface area contributed by atoms with Crippen molar-refractivity contribution in [3.63, 3.8) is 0 Å². The minimum absolute atomic E-state index is 0.0619. The number of benzene rings is 2. The molecule has 1 heterocycles. The van der Waals surface area contributed by atoms with Gasteiger partial charge in [-0.15, -0.1) is 0 Å². The molecular weight excluding hydrogens is 355 g/mol. The van der Waals surface area contributed by atoms with Crippen LogP contribution in [0.15, 0.2) is 54.6 Å². The number of carbonyl (C=O) groups is 1. The Morgan fingerprint density at radius 2 is 1.93 bits per heavy atom. The standard InChI is InChI=1S/C23H27FN2O2/c1-25(2)20-12-9-18(10-13-20)16-26(17-21-7-5-15-28-21)23(27)14-11-19-6-3-4-8-22(19)24/h3-4,6,8-14,21H,5,7,15-17H2,1-2H3/b14-11+. The maximum absolute atomic E-state index is 13.8. The minimum atomic E-state index is -0.337. The van der Waals surface area contributed by atoms with Crippen LogP contribution in [0.2, 0.25) is 0 Å². The zero-order valence-electron chi connectivity index (χ0n) is 16.5. The van der Waals surface area contributed by atoms with Crippen LogP contribution in [0.5, 0.6) is 0 Å². The number of anilines is 1. The quantitative estimate of drug-likeness (QED) is 0.676. The van der Waals surface area contributed by atoms with Crippen molar-refractivity contribution in [2.24, 2.45) is 0 Å². The van der Waals surface area contributed by atoms with Crippen molar-refractivity contribution >= 4 is 17.7 Å². The molecule has 1 saturated heterocycles. The minimum Gasteiger partial charge on any atom is -0.378 e. The smallest absolute Gasteiger partial charge is 0.246 e.